The summed E-state index contributed by atoms with van der Waals surface area (Å²) in [5.74, 6) is 0.916. The smallest absolute Gasteiger partial charge is 0.262 e. The molecule has 0 fully saturated rings. The molecule has 3 aromatic carbocycles. The van der Waals surface area contributed by atoms with Crippen LogP contribution >= 0.6 is 0 Å². The molecule has 4 rings (SSSR count). The van der Waals surface area contributed by atoms with Crippen LogP contribution in [0.4, 0.5) is 5.69 Å². The van der Waals surface area contributed by atoms with Gasteiger partial charge in [-0.25, -0.2) is 8.42 Å². The number of nitrogens with one attached hydrogen (secondary N) is 1. The Balaban J connectivity index is 1.72. The van der Waals surface area contributed by atoms with Crippen molar-refractivity contribution < 1.29 is 17.7 Å². The molecule has 0 saturated heterocycles. The molecule has 0 aliphatic carbocycles. The van der Waals surface area contributed by atoms with E-state index in [-0.39, 0.29) is 10.8 Å². The SMILES string of the molecule is COc1ccccc1NS(=O)(=O)c1ccccc1-c1nc(-c2ccc(C)cc2)no1. The lowest BCUT2D eigenvalue weighted by Crippen LogP contribution is -2.14. The molecule has 8 heteroatoms. The maximum absolute atomic E-state index is 13.1. The Bertz CT molecular complexity index is 1280. The Hall–Kier alpha value is -3.65. The van der Waals surface area contributed by atoms with Gasteiger partial charge in [-0.2, -0.15) is 4.98 Å². The number of aromatic nitrogens is 2. The minimum atomic E-state index is -3.94. The van der Waals surface area contributed by atoms with E-state index < -0.39 is 10.0 Å². The van der Waals surface area contributed by atoms with E-state index in [2.05, 4.69) is 14.9 Å². The average Bonchev–Trinajstić information content (AvgIpc) is 3.24. The Morgan fingerprint density at radius 2 is 1.63 bits per heavy atom. The number of hydrogen-bond donors (Lipinski definition) is 1. The third kappa shape index (κ3) is 3.90. The van der Waals surface area contributed by atoms with Crippen LogP contribution in [0.2, 0.25) is 0 Å². The van der Waals surface area contributed by atoms with E-state index in [1.54, 1.807) is 42.5 Å². The van der Waals surface area contributed by atoms with Gasteiger partial charge in [-0.15, -0.1) is 0 Å². The third-order valence-electron chi connectivity index (χ3n) is 4.49. The zero-order chi connectivity index (χ0) is 21.1. The van der Waals surface area contributed by atoms with Gasteiger partial charge in [0.2, 0.25) is 5.82 Å². The topological polar surface area (TPSA) is 94.3 Å². The van der Waals surface area contributed by atoms with E-state index in [0.29, 0.717) is 22.8 Å². The predicted octanol–water partition coefficient (Wildman–Crippen LogP) is 4.52. The first-order valence-corrected chi connectivity index (χ1v) is 10.6. The maximum atomic E-state index is 13.1. The van der Waals surface area contributed by atoms with Gasteiger partial charge in [0.1, 0.15) is 10.6 Å². The number of nitrogens with zero attached hydrogens (tertiary/aromatic N) is 2. The Labute approximate surface area is 174 Å². The fourth-order valence-electron chi connectivity index (χ4n) is 2.96. The summed E-state index contributed by atoms with van der Waals surface area (Å²) in [6, 6.07) is 20.9. The number of rotatable bonds is 6. The molecule has 0 radical (unpaired) electrons. The zero-order valence-corrected chi connectivity index (χ0v) is 17.2. The first kappa shape index (κ1) is 19.7. The van der Waals surface area contributed by atoms with E-state index in [0.717, 1.165) is 11.1 Å². The largest absolute Gasteiger partial charge is 0.495 e. The van der Waals surface area contributed by atoms with Crippen LogP contribution in [0.5, 0.6) is 5.75 Å². The average molecular weight is 421 g/mol. The molecular formula is C22H19N3O4S. The molecule has 0 aliphatic rings. The molecule has 0 aliphatic heterocycles. The van der Waals surface area contributed by atoms with Gasteiger partial charge in [-0.3, -0.25) is 4.72 Å². The van der Waals surface area contributed by atoms with Crippen molar-refractivity contribution in [1.82, 2.24) is 10.1 Å². The second-order valence-electron chi connectivity index (χ2n) is 6.59. The Morgan fingerprint density at radius 1 is 0.933 bits per heavy atom. The molecule has 0 atom stereocenters. The van der Waals surface area contributed by atoms with Crippen molar-refractivity contribution in [2.75, 3.05) is 11.8 Å². The van der Waals surface area contributed by atoms with Gasteiger partial charge < -0.3 is 9.26 Å². The highest BCUT2D eigenvalue weighted by Crippen LogP contribution is 2.31. The van der Waals surface area contributed by atoms with Crippen LogP contribution in [0.3, 0.4) is 0 Å². The predicted molar refractivity (Wildman–Crippen MR) is 114 cm³/mol. The van der Waals surface area contributed by atoms with Crippen molar-refractivity contribution in [2.45, 2.75) is 11.8 Å². The number of hydrogen-bond acceptors (Lipinski definition) is 6. The molecular weight excluding hydrogens is 402 g/mol. The number of ether oxygens (including phenoxy) is 1. The Kier molecular flexibility index (Phi) is 5.24. The van der Waals surface area contributed by atoms with Crippen molar-refractivity contribution in [3.8, 4) is 28.6 Å². The van der Waals surface area contributed by atoms with Crippen LogP contribution < -0.4 is 9.46 Å². The van der Waals surface area contributed by atoms with Crippen LogP contribution in [0.15, 0.2) is 82.2 Å². The van der Waals surface area contributed by atoms with Crippen molar-refractivity contribution in [2.24, 2.45) is 0 Å². The molecule has 30 heavy (non-hydrogen) atoms. The van der Waals surface area contributed by atoms with Crippen LogP contribution in [-0.4, -0.2) is 25.7 Å². The van der Waals surface area contributed by atoms with Gasteiger partial charge in [0.25, 0.3) is 15.9 Å². The molecule has 0 bridgehead atoms. The molecule has 1 N–H and O–H groups in total. The third-order valence-corrected chi connectivity index (χ3v) is 5.92. The Morgan fingerprint density at radius 3 is 2.40 bits per heavy atom. The monoisotopic (exact) mass is 421 g/mol. The van der Waals surface area contributed by atoms with Crippen LogP contribution in [0.25, 0.3) is 22.8 Å². The second kappa shape index (κ2) is 8.00. The van der Waals surface area contributed by atoms with E-state index in [4.69, 9.17) is 9.26 Å². The quantitative estimate of drug-likeness (QED) is 0.492. The molecule has 0 spiro atoms. The van der Waals surface area contributed by atoms with E-state index in [1.807, 2.05) is 31.2 Å². The van der Waals surface area contributed by atoms with Crippen molar-refractivity contribution >= 4 is 15.7 Å². The second-order valence-corrected chi connectivity index (χ2v) is 8.24. The van der Waals surface area contributed by atoms with Gasteiger partial charge in [0.15, 0.2) is 0 Å². The van der Waals surface area contributed by atoms with Gasteiger partial charge >= 0.3 is 0 Å². The highest BCUT2D eigenvalue weighted by Gasteiger charge is 2.24. The highest BCUT2D eigenvalue weighted by molar-refractivity contribution is 7.92. The minimum absolute atomic E-state index is 0.0232. The molecule has 0 amide bonds. The summed E-state index contributed by atoms with van der Waals surface area (Å²) in [5, 5.41) is 4.01. The van der Waals surface area contributed by atoms with Crippen LogP contribution in [0.1, 0.15) is 5.56 Å². The molecule has 152 valence electrons. The fraction of sp³-hybridized carbons (Fsp3) is 0.0909. The number of methoxy groups -OCH3 is 1. The number of sulfonamides is 1. The standard InChI is InChI=1S/C22H19N3O4S/c1-15-11-13-16(14-12-15)21-23-22(29-24-21)17-7-3-6-10-20(17)30(26,27)25-18-8-4-5-9-19(18)28-2/h3-14,25H,1-2H3. The maximum Gasteiger partial charge on any atom is 0.262 e. The first-order chi connectivity index (χ1) is 14.5. The van der Waals surface area contributed by atoms with E-state index >= 15 is 0 Å². The molecule has 1 aromatic heterocycles. The van der Waals surface area contributed by atoms with Gasteiger partial charge in [-0.05, 0) is 31.2 Å². The molecule has 7 nitrogen and oxygen atoms in total. The van der Waals surface area contributed by atoms with Gasteiger partial charge in [0, 0.05) is 5.56 Å². The summed E-state index contributed by atoms with van der Waals surface area (Å²) in [4.78, 5) is 4.42. The molecule has 1 heterocycles. The normalized spacial score (nSPS) is 11.3. The van der Waals surface area contributed by atoms with Crippen molar-refractivity contribution in [3.63, 3.8) is 0 Å². The summed E-state index contributed by atoms with van der Waals surface area (Å²) in [5.41, 5.74) is 2.54. The first-order valence-electron chi connectivity index (χ1n) is 9.14. The molecule has 0 saturated carbocycles. The summed E-state index contributed by atoms with van der Waals surface area (Å²) in [6.07, 6.45) is 0. The number of aryl methyl sites for hydroxylation is 1. The molecule has 4 aromatic rings. The summed E-state index contributed by atoms with van der Waals surface area (Å²) in [6.45, 7) is 1.99. The van der Waals surface area contributed by atoms with E-state index in [9.17, 15) is 8.42 Å². The lowest BCUT2D eigenvalue weighted by atomic mass is 10.1. The van der Waals surface area contributed by atoms with E-state index in [1.165, 1.54) is 13.2 Å². The summed E-state index contributed by atoms with van der Waals surface area (Å²) in [7, 11) is -2.47. The lowest BCUT2D eigenvalue weighted by molar-refractivity contribution is 0.417. The molecule has 0 unspecified atom stereocenters. The van der Waals surface area contributed by atoms with Crippen LogP contribution in [-0.2, 0) is 10.0 Å². The van der Waals surface area contributed by atoms with Gasteiger partial charge in [0.05, 0.1) is 18.4 Å². The fourth-order valence-corrected chi connectivity index (χ4v) is 4.23. The summed E-state index contributed by atoms with van der Waals surface area (Å²) >= 11 is 0. The zero-order valence-electron chi connectivity index (χ0n) is 16.4. The minimum Gasteiger partial charge on any atom is -0.495 e. The van der Waals surface area contributed by atoms with Crippen molar-refractivity contribution in [3.05, 3.63) is 78.4 Å². The lowest BCUT2D eigenvalue weighted by Gasteiger charge is -2.13. The van der Waals surface area contributed by atoms with Crippen molar-refractivity contribution in [1.29, 1.82) is 0 Å². The van der Waals surface area contributed by atoms with Gasteiger partial charge in [-0.1, -0.05) is 59.3 Å². The highest BCUT2D eigenvalue weighted by atomic mass is 32.2. The number of anilines is 1. The van der Waals surface area contributed by atoms with Crippen LogP contribution in [0, 0.1) is 6.92 Å². The number of para-hydroxylation sites is 2. The summed E-state index contributed by atoms with van der Waals surface area (Å²) < 4.78 is 39.4. The number of benzene rings is 3.